The van der Waals surface area contributed by atoms with E-state index in [-0.39, 0.29) is 22.2 Å². The van der Waals surface area contributed by atoms with Crippen LogP contribution in [-0.2, 0) is 0 Å². The first-order valence-corrected chi connectivity index (χ1v) is 6.65. The number of hydrogen-bond acceptors (Lipinski definition) is 3. The minimum Gasteiger partial charge on any atom is -0.322 e. The molecule has 5 nitrogen and oxygen atoms in total. The largest absolute Gasteiger partial charge is 0.322 e. The van der Waals surface area contributed by atoms with E-state index in [1.54, 1.807) is 24.3 Å². The Hall–Kier alpha value is -1.92. The van der Waals surface area contributed by atoms with Crippen LogP contribution in [0.1, 0.15) is 10.4 Å². The molecule has 1 amide bonds. The molecular weight excluding hydrogens is 348 g/mol. The van der Waals surface area contributed by atoms with Crippen molar-refractivity contribution in [1.82, 2.24) is 0 Å². The Labute approximate surface area is 127 Å². The lowest BCUT2D eigenvalue weighted by atomic mass is 10.2. The molecule has 1 N–H and O–H groups in total. The first kappa shape index (κ1) is 14.5. The Morgan fingerprint density at radius 1 is 1.20 bits per heavy atom. The summed E-state index contributed by atoms with van der Waals surface area (Å²) in [6.45, 7) is 0. The van der Waals surface area contributed by atoms with Crippen molar-refractivity contribution in [3.05, 3.63) is 67.6 Å². The van der Waals surface area contributed by atoms with Gasteiger partial charge in [-0.15, -0.1) is 0 Å². The molecule has 0 aromatic heterocycles. The molecule has 0 heterocycles. The number of anilines is 1. The van der Waals surface area contributed by atoms with Crippen LogP contribution in [0.4, 0.5) is 11.4 Å². The Bertz CT molecular complexity index is 674. The number of nitrogens with one attached hydrogen (secondary N) is 1. The minimum atomic E-state index is -0.598. The molecule has 20 heavy (non-hydrogen) atoms. The number of rotatable bonds is 3. The Morgan fingerprint density at radius 3 is 2.40 bits per heavy atom. The summed E-state index contributed by atoms with van der Waals surface area (Å²) in [5, 5.41) is 13.2. The lowest BCUT2D eigenvalue weighted by molar-refractivity contribution is -0.384. The van der Waals surface area contributed by atoms with Crippen LogP contribution >= 0.6 is 27.5 Å². The first-order valence-electron chi connectivity index (χ1n) is 5.48. The smallest absolute Gasteiger partial charge is 0.287 e. The van der Waals surface area contributed by atoms with Crippen LogP contribution in [0.15, 0.2) is 46.9 Å². The van der Waals surface area contributed by atoms with E-state index in [0.717, 1.165) is 4.47 Å². The van der Waals surface area contributed by atoms with Crippen LogP contribution in [0, 0.1) is 10.1 Å². The number of nitrogens with zero attached hydrogens (tertiary/aromatic N) is 1. The molecule has 0 saturated carbocycles. The third-order valence-corrected chi connectivity index (χ3v) is 3.34. The van der Waals surface area contributed by atoms with E-state index >= 15 is 0 Å². The van der Waals surface area contributed by atoms with Gasteiger partial charge in [0.05, 0.1) is 4.92 Å². The normalized spacial score (nSPS) is 10.1. The second-order valence-corrected chi connectivity index (χ2v) is 5.21. The molecule has 2 aromatic carbocycles. The van der Waals surface area contributed by atoms with E-state index in [0.29, 0.717) is 5.69 Å². The number of nitro benzene ring substituents is 1. The van der Waals surface area contributed by atoms with E-state index in [2.05, 4.69) is 21.2 Å². The van der Waals surface area contributed by atoms with Gasteiger partial charge in [-0.3, -0.25) is 14.9 Å². The highest BCUT2D eigenvalue weighted by Gasteiger charge is 2.15. The van der Waals surface area contributed by atoms with Crippen LogP contribution in [0.3, 0.4) is 0 Å². The Morgan fingerprint density at radius 2 is 1.85 bits per heavy atom. The second-order valence-electron chi connectivity index (χ2n) is 3.88. The summed E-state index contributed by atoms with van der Waals surface area (Å²) < 4.78 is 0.897. The number of benzene rings is 2. The van der Waals surface area contributed by atoms with Gasteiger partial charge in [0.1, 0.15) is 5.02 Å². The lowest BCUT2D eigenvalue weighted by Gasteiger charge is -2.05. The highest BCUT2D eigenvalue weighted by molar-refractivity contribution is 9.10. The molecule has 7 heteroatoms. The van der Waals surface area contributed by atoms with Crippen LogP contribution in [0.2, 0.25) is 5.02 Å². The predicted octanol–water partition coefficient (Wildman–Crippen LogP) is 4.26. The van der Waals surface area contributed by atoms with Crippen molar-refractivity contribution < 1.29 is 9.72 Å². The molecule has 2 rings (SSSR count). The molecule has 0 unspecified atom stereocenters. The molecule has 0 atom stereocenters. The second kappa shape index (κ2) is 6.02. The van der Waals surface area contributed by atoms with Crippen molar-refractivity contribution in [3.63, 3.8) is 0 Å². The standard InChI is InChI=1S/C13H8BrClN2O3/c14-9-2-4-10(5-3-9)16-13(18)8-1-6-12(17(19)20)11(15)7-8/h1-7H,(H,16,18). The number of nitro groups is 1. The quantitative estimate of drug-likeness (QED) is 0.660. The van der Waals surface area contributed by atoms with Crippen molar-refractivity contribution in [2.24, 2.45) is 0 Å². The van der Waals surface area contributed by atoms with Gasteiger partial charge in [-0.1, -0.05) is 27.5 Å². The predicted molar refractivity (Wildman–Crippen MR) is 80.2 cm³/mol. The lowest BCUT2D eigenvalue weighted by Crippen LogP contribution is -2.11. The summed E-state index contributed by atoms with van der Waals surface area (Å²) in [6, 6.07) is 10.9. The number of amides is 1. The maximum Gasteiger partial charge on any atom is 0.287 e. The van der Waals surface area contributed by atoms with Gasteiger partial charge >= 0.3 is 0 Å². The summed E-state index contributed by atoms with van der Waals surface area (Å²) >= 11 is 9.06. The topological polar surface area (TPSA) is 72.2 Å². The zero-order valence-electron chi connectivity index (χ0n) is 9.97. The van der Waals surface area contributed by atoms with Gasteiger partial charge in [0.2, 0.25) is 0 Å². The zero-order chi connectivity index (χ0) is 14.7. The average molecular weight is 356 g/mol. The van der Waals surface area contributed by atoms with Gasteiger partial charge in [-0.2, -0.15) is 0 Å². The van der Waals surface area contributed by atoms with Gasteiger partial charge in [-0.05, 0) is 36.4 Å². The summed E-state index contributed by atoms with van der Waals surface area (Å²) in [5.41, 5.74) is 0.642. The number of halogens is 2. The molecule has 0 aliphatic heterocycles. The van der Waals surface area contributed by atoms with Gasteiger partial charge in [0.25, 0.3) is 11.6 Å². The van der Waals surface area contributed by atoms with E-state index in [9.17, 15) is 14.9 Å². The van der Waals surface area contributed by atoms with Gasteiger partial charge in [-0.25, -0.2) is 0 Å². The molecule has 102 valence electrons. The molecule has 0 fully saturated rings. The van der Waals surface area contributed by atoms with Crippen molar-refractivity contribution in [3.8, 4) is 0 Å². The number of carbonyl (C=O) groups is 1. The van der Waals surface area contributed by atoms with Gasteiger partial charge in [0.15, 0.2) is 0 Å². The molecule has 0 aliphatic carbocycles. The van der Waals surface area contributed by atoms with E-state index in [4.69, 9.17) is 11.6 Å². The number of hydrogen-bond donors (Lipinski definition) is 1. The molecule has 0 spiro atoms. The fourth-order valence-electron chi connectivity index (χ4n) is 1.53. The van der Waals surface area contributed by atoms with Gasteiger partial charge < -0.3 is 5.32 Å². The van der Waals surface area contributed by atoms with Crippen molar-refractivity contribution in [1.29, 1.82) is 0 Å². The van der Waals surface area contributed by atoms with Crippen molar-refractivity contribution in [2.45, 2.75) is 0 Å². The van der Waals surface area contributed by atoms with Crippen molar-refractivity contribution >= 4 is 44.8 Å². The van der Waals surface area contributed by atoms with Crippen LogP contribution in [0.5, 0.6) is 0 Å². The van der Waals surface area contributed by atoms with Crippen LogP contribution in [0.25, 0.3) is 0 Å². The summed E-state index contributed by atoms with van der Waals surface area (Å²) in [7, 11) is 0. The molecule has 0 aliphatic rings. The molecule has 0 saturated heterocycles. The Balaban J connectivity index is 2.19. The maximum absolute atomic E-state index is 12.0. The third-order valence-electron chi connectivity index (χ3n) is 2.51. The fraction of sp³-hybridized carbons (Fsp3) is 0. The molecule has 2 aromatic rings. The average Bonchev–Trinajstić information content (AvgIpc) is 2.40. The first-order chi connectivity index (χ1) is 9.47. The third kappa shape index (κ3) is 3.34. The van der Waals surface area contributed by atoms with Crippen LogP contribution < -0.4 is 5.32 Å². The van der Waals surface area contributed by atoms with Crippen molar-refractivity contribution in [2.75, 3.05) is 5.32 Å². The molecule has 0 bridgehead atoms. The highest BCUT2D eigenvalue weighted by atomic mass is 79.9. The Kier molecular flexibility index (Phi) is 4.36. The van der Waals surface area contributed by atoms with E-state index in [1.807, 2.05) is 0 Å². The highest BCUT2D eigenvalue weighted by Crippen LogP contribution is 2.25. The zero-order valence-corrected chi connectivity index (χ0v) is 12.3. The van der Waals surface area contributed by atoms with Gasteiger partial charge in [0, 0.05) is 21.8 Å². The summed E-state index contributed by atoms with van der Waals surface area (Å²) in [6.07, 6.45) is 0. The number of carbonyl (C=O) groups excluding carboxylic acids is 1. The van der Waals surface area contributed by atoms with Crippen LogP contribution in [-0.4, -0.2) is 10.8 Å². The summed E-state index contributed by atoms with van der Waals surface area (Å²) in [4.78, 5) is 22.0. The minimum absolute atomic E-state index is 0.0709. The maximum atomic E-state index is 12.0. The molecular formula is C13H8BrClN2O3. The molecule has 0 radical (unpaired) electrons. The van der Waals surface area contributed by atoms with E-state index in [1.165, 1.54) is 18.2 Å². The van der Waals surface area contributed by atoms with E-state index < -0.39 is 4.92 Å². The summed E-state index contributed by atoms with van der Waals surface area (Å²) in [5.74, 6) is -0.385. The monoisotopic (exact) mass is 354 g/mol. The SMILES string of the molecule is O=C(Nc1ccc(Br)cc1)c1ccc([N+](=O)[O-])c(Cl)c1. The fourth-order valence-corrected chi connectivity index (χ4v) is 2.05.